The second-order valence-corrected chi connectivity index (χ2v) is 7.61. The van der Waals surface area contributed by atoms with E-state index in [1.165, 1.54) is 0 Å². The van der Waals surface area contributed by atoms with E-state index in [0.717, 1.165) is 29.8 Å². The molecule has 0 radical (unpaired) electrons. The van der Waals surface area contributed by atoms with E-state index >= 15 is 0 Å². The van der Waals surface area contributed by atoms with Crippen molar-refractivity contribution < 1.29 is 14.3 Å². The standard InChI is InChI=1S/C22H24Cl2N4O3/c1-3-4-5-20(29)25-16-7-9-17(10-8-16)28-21(15-6-11-18(23)19(24)14-15)26-22(27-28)31-13-12-30-2/h6-11,14H,3-5,12-13H2,1-2H3,(H,25,29). The highest BCUT2D eigenvalue weighted by molar-refractivity contribution is 6.42. The summed E-state index contributed by atoms with van der Waals surface area (Å²) in [5.41, 5.74) is 2.21. The lowest BCUT2D eigenvalue weighted by Crippen LogP contribution is -2.11. The molecule has 0 aliphatic heterocycles. The van der Waals surface area contributed by atoms with Gasteiger partial charge in [0.15, 0.2) is 5.82 Å². The number of methoxy groups -OCH3 is 1. The summed E-state index contributed by atoms with van der Waals surface area (Å²) in [5, 5.41) is 8.25. The van der Waals surface area contributed by atoms with Crippen molar-refractivity contribution in [2.45, 2.75) is 26.2 Å². The van der Waals surface area contributed by atoms with Crippen LogP contribution in [0.3, 0.4) is 0 Å². The van der Waals surface area contributed by atoms with Crippen LogP contribution in [0.25, 0.3) is 17.1 Å². The molecule has 0 aliphatic rings. The summed E-state index contributed by atoms with van der Waals surface area (Å²) in [4.78, 5) is 16.5. The normalized spacial score (nSPS) is 10.8. The van der Waals surface area contributed by atoms with E-state index < -0.39 is 0 Å². The molecule has 0 aliphatic carbocycles. The Morgan fingerprint density at radius 2 is 1.87 bits per heavy atom. The summed E-state index contributed by atoms with van der Waals surface area (Å²) in [6.45, 7) is 2.80. The first-order valence-electron chi connectivity index (χ1n) is 9.96. The summed E-state index contributed by atoms with van der Waals surface area (Å²) < 4.78 is 12.3. The molecule has 0 saturated carbocycles. The number of benzene rings is 2. The highest BCUT2D eigenvalue weighted by Gasteiger charge is 2.16. The van der Waals surface area contributed by atoms with Crippen molar-refractivity contribution in [1.29, 1.82) is 0 Å². The minimum atomic E-state index is 0.000630. The summed E-state index contributed by atoms with van der Waals surface area (Å²) in [5.74, 6) is 0.548. The van der Waals surface area contributed by atoms with Crippen molar-refractivity contribution >= 4 is 34.8 Å². The third kappa shape index (κ3) is 6.19. The van der Waals surface area contributed by atoms with Crippen LogP contribution in [-0.4, -0.2) is 41.0 Å². The van der Waals surface area contributed by atoms with Crippen LogP contribution < -0.4 is 10.1 Å². The van der Waals surface area contributed by atoms with Gasteiger partial charge in [-0.05, 0) is 48.9 Å². The molecule has 31 heavy (non-hydrogen) atoms. The Hall–Kier alpha value is -2.61. The van der Waals surface area contributed by atoms with Crippen molar-refractivity contribution in [3.05, 3.63) is 52.5 Å². The highest BCUT2D eigenvalue weighted by Crippen LogP contribution is 2.30. The SMILES string of the molecule is CCCCC(=O)Nc1ccc(-n2nc(OCCOC)nc2-c2ccc(Cl)c(Cl)c2)cc1. The number of rotatable bonds is 10. The largest absolute Gasteiger partial charge is 0.460 e. The van der Waals surface area contributed by atoms with E-state index in [9.17, 15) is 4.79 Å². The molecule has 7 nitrogen and oxygen atoms in total. The van der Waals surface area contributed by atoms with Crippen LogP contribution in [0.15, 0.2) is 42.5 Å². The van der Waals surface area contributed by atoms with Gasteiger partial charge < -0.3 is 14.8 Å². The molecule has 0 saturated heterocycles. The van der Waals surface area contributed by atoms with Gasteiger partial charge in [0.2, 0.25) is 5.91 Å². The number of ether oxygens (including phenoxy) is 2. The minimum absolute atomic E-state index is 0.000630. The van der Waals surface area contributed by atoms with Gasteiger partial charge in [0.25, 0.3) is 0 Å². The van der Waals surface area contributed by atoms with Gasteiger partial charge in [-0.1, -0.05) is 36.5 Å². The third-order valence-corrected chi connectivity index (χ3v) is 5.18. The molecule has 1 aromatic heterocycles. The molecule has 0 bridgehead atoms. The Kier molecular flexibility index (Phi) is 8.28. The van der Waals surface area contributed by atoms with Gasteiger partial charge in [-0.3, -0.25) is 4.79 Å². The number of anilines is 1. The van der Waals surface area contributed by atoms with E-state index in [1.54, 1.807) is 23.9 Å². The molecule has 3 aromatic rings. The van der Waals surface area contributed by atoms with E-state index in [0.29, 0.717) is 35.5 Å². The lowest BCUT2D eigenvalue weighted by Gasteiger charge is -2.09. The lowest BCUT2D eigenvalue weighted by atomic mass is 10.2. The zero-order chi connectivity index (χ0) is 22.2. The van der Waals surface area contributed by atoms with E-state index in [-0.39, 0.29) is 11.9 Å². The summed E-state index contributed by atoms with van der Waals surface area (Å²) in [7, 11) is 1.60. The van der Waals surface area contributed by atoms with Crippen LogP contribution in [0.2, 0.25) is 10.0 Å². The van der Waals surface area contributed by atoms with Crippen LogP contribution in [-0.2, 0) is 9.53 Å². The Bertz CT molecular complexity index is 1020. The molecule has 0 atom stereocenters. The first-order valence-corrected chi connectivity index (χ1v) is 10.7. The molecule has 0 fully saturated rings. The topological polar surface area (TPSA) is 78.3 Å². The molecule has 1 amide bonds. The van der Waals surface area contributed by atoms with Gasteiger partial charge >= 0.3 is 6.01 Å². The molecule has 0 unspecified atom stereocenters. The quantitative estimate of drug-likeness (QED) is 0.408. The van der Waals surface area contributed by atoms with Crippen LogP contribution in [0.5, 0.6) is 6.01 Å². The van der Waals surface area contributed by atoms with Gasteiger partial charge in [-0.15, -0.1) is 5.10 Å². The smallest absolute Gasteiger partial charge is 0.336 e. The fourth-order valence-corrected chi connectivity index (χ4v) is 3.12. The van der Waals surface area contributed by atoms with Crippen molar-refractivity contribution in [3.63, 3.8) is 0 Å². The maximum absolute atomic E-state index is 12.0. The molecule has 1 heterocycles. The number of nitrogens with zero attached hydrogens (tertiary/aromatic N) is 3. The Morgan fingerprint density at radius 3 is 2.55 bits per heavy atom. The Morgan fingerprint density at radius 1 is 1.10 bits per heavy atom. The van der Waals surface area contributed by atoms with E-state index in [4.69, 9.17) is 32.7 Å². The fraction of sp³-hybridized carbons (Fsp3) is 0.318. The molecule has 2 aromatic carbocycles. The molecule has 164 valence electrons. The van der Waals surface area contributed by atoms with E-state index in [1.807, 2.05) is 30.3 Å². The van der Waals surface area contributed by atoms with Crippen molar-refractivity contribution in [1.82, 2.24) is 14.8 Å². The third-order valence-electron chi connectivity index (χ3n) is 4.44. The molecule has 9 heteroatoms. The molecule has 0 spiro atoms. The minimum Gasteiger partial charge on any atom is -0.460 e. The highest BCUT2D eigenvalue weighted by atomic mass is 35.5. The lowest BCUT2D eigenvalue weighted by molar-refractivity contribution is -0.116. The number of unbranched alkanes of at least 4 members (excludes halogenated alkanes) is 1. The number of halogens is 2. The second-order valence-electron chi connectivity index (χ2n) is 6.80. The maximum atomic E-state index is 12.0. The fourth-order valence-electron chi connectivity index (χ4n) is 2.82. The van der Waals surface area contributed by atoms with Crippen LogP contribution in [0.4, 0.5) is 5.69 Å². The number of hydrogen-bond donors (Lipinski definition) is 1. The van der Waals surface area contributed by atoms with Crippen molar-refractivity contribution in [2.75, 3.05) is 25.6 Å². The Labute approximate surface area is 191 Å². The van der Waals surface area contributed by atoms with Gasteiger partial charge in [0.05, 0.1) is 22.3 Å². The monoisotopic (exact) mass is 462 g/mol. The van der Waals surface area contributed by atoms with Gasteiger partial charge in [-0.25, -0.2) is 4.68 Å². The number of amides is 1. The number of hydrogen-bond acceptors (Lipinski definition) is 5. The van der Waals surface area contributed by atoms with Crippen molar-refractivity contribution in [2.24, 2.45) is 0 Å². The maximum Gasteiger partial charge on any atom is 0.336 e. The van der Waals surface area contributed by atoms with Crippen LogP contribution >= 0.6 is 23.2 Å². The average Bonchev–Trinajstić information content (AvgIpc) is 3.19. The van der Waals surface area contributed by atoms with Gasteiger partial charge in [0, 0.05) is 24.8 Å². The number of carbonyl (C=O) groups is 1. The first-order chi connectivity index (χ1) is 15.0. The summed E-state index contributed by atoms with van der Waals surface area (Å²) in [6, 6.07) is 12.8. The molecular weight excluding hydrogens is 439 g/mol. The van der Waals surface area contributed by atoms with Gasteiger partial charge in [0.1, 0.15) is 6.61 Å². The van der Waals surface area contributed by atoms with E-state index in [2.05, 4.69) is 22.3 Å². The summed E-state index contributed by atoms with van der Waals surface area (Å²) >= 11 is 12.3. The zero-order valence-corrected chi connectivity index (χ0v) is 18.9. The van der Waals surface area contributed by atoms with Crippen LogP contribution in [0, 0.1) is 0 Å². The number of nitrogens with one attached hydrogen (secondary N) is 1. The molecular formula is C22H24Cl2N4O3. The molecule has 3 rings (SSSR count). The first kappa shape index (κ1) is 23.1. The predicted octanol–water partition coefficient (Wildman–Crippen LogP) is 5.40. The number of carbonyl (C=O) groups excluding carboxylic acids is 1. The van der Waals surface area contributed by atoms with Crippen LogP contribution in [0.1, 0.15) is 26.2 Å². The summed E-state index contributed by atoms with van der Waals surface area (Å²) in [6.07, 6.45) is 2.34. The number of aromatic nitrogens is 3. The average molecular weight is 463 g/mol. The van der Waals surface area contributed by atoms with Crippen molar-refractivity contribution in [3.8, 4) is 23.1 Å². The zero-order valence-electron chi connectivity index (χ0n) is 17.4. The predicted molar refractivity (Wildman–Crippen MR) is 122 cm³/mol. The second kappa shape index (κ2) is 11.1. The van der Waals surface area contributed by atoms with Gasteiger partial charge in [-0.2, -0.15) is 4.98 Å². The molecule has 1 N–H and O–H groups in total. The Balaban J connectivity index is 1.89.